The van der Waals surface area contributed by atoms with Crippen molar-refractivity contribution in [2.75, 3.05) is 6.54 Å². The van der Waals surface area contributed by atoms with Crippen LogP contribution in [-0.4, -0.2) is 59.1 Å². The molecule has 3 aromatic carbocycles. The molecule has 12 heteroatoms. The minimum Gasteiger partial charge on any atom is -0.370 e. The summed E-state index contributed by atoms with van der Waals surface area (Å²) in [7, 11) is 0. The molecule has 7 N–H and O–H groups in total. The highest BCUT2D eigenvalue weighted by Gasteiger charge is 2.35. The fourth-order valence-electron chi connectivity index (χ4n) is 6.67. The van der Waals surface area contributed by atoms with E-state index in [9.17, 15) is 19.2 Å². The Kier molecular flexibility index (Phi) is 14.3. The number of thiazole rings is 1. The lowest BCUT2D eigenvalue weighted by Gasteiger charge is -2.32. The molecule has 0 radical (unpaired) electrons. The van der Waals surface area contributed by atoms with Crippen molar-refractivity contribution in [1.82, 2.24) is 20.9 Å². The van der Waals surface area contributed by atoms with Crippen LogP contribution in [0.4, 0.5) is 0 Å². The van der Waals surface area contributed by atoms with Gasteiger partial charge in [-0.25, -0.2) is 4.98 Å². The van der Waals surface area contributed by atoms with Gasteiger partial charge < -0.3 is 27.4 Å². The van der Waals surface area contributed by atoms with Crippen molar-refractivity contribution < 1.29 is 19.2 Å². The molecule has 0 aliphatic heterocycles. The van der Waals surface area contributed by atoms with Crippen LogP contribution in [0.25, 0.3) is 10.2 Å². The Bertz CT molecular complexity index is 1770. The molecular weight excluding hydrogens is 675 g/mol. The smallest absolute Gasteiger partial charge is 0.243 e. The zero-order chi connectivity index (χ0) is 36.7. The number of carbonyl (C=O) groups is 4. The van der Waals surface area contributed by atoms with E-state index in [1.54, 1.807) is 0 Å². The molecule has 0 bridgehead atoms. The van der Waals surface area contributed by atoms with Crippen LogP contribution in [0.15, 0.2) is 89.9 Å². The molecule has 52 heavy (non-hydrogen) atoms. The maximum Gasteiger partial charge on any atom is 0.243 e. The van der Waals surface area contributed by atoms with Crippen molar-refractivity contribution in [3.8, 4) is 0 Å². The molecule has 3 amide bonds. The van der Waals surface area contributed by atoms with Crippen LogP contribution in [0, 0.1) is 5.92 Å². The lowest BCUT2D eigenvalue weighted by atomic mass is 9.83. The average Bonchev–Trinajstić information content (AvgIpc) is 3.61. The van der Waals surface area contributed by atoms with Gasteiger partial charge in [0.25, 0.3) is 0 Å². The topological polar surface area (TPSA) is 182 Å². The van der Waals surface area contributed by atoms with Gasteiger partial charge in [-0.15, -0.1) is 11.3 Å². The minimum absolute atomic E-state index is 0.0489. The number of fused-ring (bicyclic) bond motifs is 1. The maximum absolute atomic E-state index is 14.3. The Morgan fingerprint density at radius 2 is 1.40 bits per heavy atom. The first-order valence-corrected chi connectivity index (χ1v) is 19.0. The summed E-state index contributed by atoms with van der Waals surface area (Å²) in [6, 6.07) is 24.4. The lowest BCUT2D eigenvalue weighted by molar-refractivity contribution is -0.133. The van der Waals surface area contributed by atoms with E-state index in [1.165, 1.54) is 11.3 Å². The third kappa shape index (κ3) is 11.5. The van der Waals surface area contributed by atoms with Gasteiger partial charge >= 0.3 is 0 Å². The van der Waals surface area contributed by atoms with Crippen molar-refractivity contribution in [3.05, 3.63) is 101 Å². The molecule has 11 nitrogen and oxygen atoms in total. The molecule has 1 aliphatic carbocycles. The van der Waals surface area contributed by atoms with Gasteiger partial charge in [0.05, 0.1) is 16.3 Å². The van der Waals surface area contributed by atoms with Gasteiger partial charge in [-0.1, -0.05) is 92.1 Å². The van der Waals surface area contributed by atoms with Crippen LogP contribution in [-0.2, 0) is 27.2 Å². The SMILES string of the molecule is NC(N)=NCCC[C@H](NC(=O)[C@@H](NC(=O)[C@H](CCc1ccccc1)NC(=O)CCc1ccccc1)C1CCCCC1)C(=O)c1nc2ccccc2s1. The van der Waals surface area contributed by atoms with E-state index in [0.717, 1.165) is 47.9 Å². The standard InChI is InChI=1S/C40H49N7O4S/c41-40(42)43-26-12-20-31(36(49)39-46-30-19-10-11-21-33(30)52-39)45-38(51)35(29-17-8-3-9-18-29)47-37(50)32(24-22-27-13-4-1-5-14-27)44-34(48)25-23-28-15-6-2-7-16-28/h1-2,4-7,10-11,13-16,19,21,29,31-32,35H,3,8-9,12,17-18,20,22-26H2,(H,44,48)(H,45,51)(H,47,50)(H4,41,42,43)/t31-,32-,35-/m0/s1. The van der Waals surface area contributed by atoms with E-state index in [0.29, 0.717) is 36.2 Å². The number of nitrogens with one attached hydrogen (secondary N) is 3. The summed E-state index contributed by atoms with van der Waals surface area (Å²) in [5.41, 5.74) is 13.8. The van der Waals surface area contributed by atoms with Crippen LogP contribution >= 0.6 is 11.3 Å². The number of guanidine groups is 1. The zero-order valence-electron chi connectivity index (χ0n) is 29.5. The fourth-order valence-corrected chi connectivity index (χ4v) is 7.63. The first-order chi connectivity index (χ1) is 25.3. The molecule has 0 saturated heterocycles. The number of rotatable bonds is 18. The Labute approximate surface area is 309 Å². The highest BCUT2D eigenvalue weighted by atomic mass is 32.1. The zero-order valence-corrected chi connectivity index (χ0v) is 30.3. The molecule has 5 rings (SSSR count). The number of benzene rings is 3. The highest BCUT2D eigenvalue weighted by Crippen LogP contribution is 2.28. The van der Waals surface area contributed by atoms with Gasteiger partial charge in [-0.3, -0.25) is 24.2 Å². The summed E-state index contributed by atoms with van der Waals surface area (Å²) in [4.78, 5) is 64.1. The largest absolute Gasteiger partial charge is 0.370 e. The quantitative estimate of drug-likeness (QED) is 0.0422. The third-order valence-corrected chi connectivity index (χ3v) is 10.5. The number of aryl methyl sites for hydroxylation is 2. The summed E-state index contributed by atoms with van der Waals surface area (Å²) >= 11 is 1.28. The van der Waals surface area contributed by atoms with Crippen molar-refractivity contribution in [2.45, 2.75) is 88.8 Å². The predicted molar refractivity (Wildman–Crippen MR) is 206 cm³/mol. The van der Waals surface area contributed by atoms with Crippen LogP contribution in [0.1, 0.15) is 78.7 Å². The van der Waals surface area contributed by atoms with Crippen LogP contribution in [0.3, 0.4) is 0 Å². The molecular formula is C40H49N7O4S. The van der Waals surface area contributed by atoms with Crippen molar-refractivity contribution >= 4 is 51.0 Å². The molecule has 0 unspecified atom stereocenters. The van der Waals surface area contributed by atoms with Crippen molar-refractivity contribution in [2.24, 2.45) is 22.4 Å². The van der Waals surface area contributed by atoms with Gasteiger partial charge in [0.15, 0.2) is 11.0 Å². The van der Waals surface area contributed by atoms with Crippen molar-refractivity contribution in [3.63, 3.8) is 0 Å². The second kappa shape index (κ2) is 19.5. The molecule has 3 atom stereocenters. The van der Waals surface area contributed by atoms with Gasteiger partial charge in [0.2, 0.25) is 23.5 Å². The van der Waals surface area contributed by atoms with E-state index in [1.807, 2.05) is 84.9 Å². The Balaban J connectivity index is 1.34. The van der Waals surface area contributed by atoms with Crippen molar-refractivity contribution in [1.29, 1.82) is 0 Å². The Morgan fingerprint density at radius 3 is 2.08 bits per heavy atom. The molecule has 1 fully saturated rings. The minimum atomic E-state index is -0.906. The summed E-state index contributed by atoms with van der Waals surface area (Å²) < 4.78 is 0.871. The molecule has 1 aliphatic rings. The predicted octanol–water partition coefficient (Wildman–Crippen LogP) is 4.83. The molecule has 4 aromatic rings. The second-order valence-corrected chi connectivity index (χ2v) is 14.4. The van der Waals surface area contributed by atoms with E-state index in [4.69, 9.17) is 11.5 Å². The molecule has 1 saturated carbocycles. The normalized spacial score (nSPS) is 14.8. The fraction of sp³-hybridized carbons (Fsp3) is 0.400. The molecule has 0 spiro atoms. The summed E-state index contributed by atoms with van der Waals surface area (Å²) in [5, 5.41) is 9.30. The number of para-hydroxylation sites is 1. The third-order valence-electron chi connectivity index (χ3n) is 9.48. The summed E-state index contributed by atoms with van der Waals surface area (Å²) in [6.45, 7) is 0.289. The Hall–Kier alpha value is -5.10. The number of aromatic nitrogens is 1. The lowest BCUT2D eigenvalue weighted by Crippen LogP contribution is -2.58. The van der Waals surface area contributed by atoms with Gasteiger partial charge in [-0.2, -0.15) is 0 Å². The molecule has 274 valence electrons. The number of ketones is 1. The van der Waals surface area contributed by atoms with E-state index in [2.05, 4.69) is 25.9 Å². The highest BCUT2D eigenvalue weighted by molar-refractivity contribution is 7.20. The number of amides is 3. The second-order valence-electron chi connectivity index (χ2n) is 13.4. The monoisotopic (exact) mass is 723 g/mol. The van der Waals surface area contributed by atoms with E-state index >= 15 is 0 Å². The number of nitrogens with two attached hydrogens (primary N) is 2. The summed E-state index contributed by atoms with van der Waals surface area (Å²) in [6.07, 6.45) is 6.85. The maximum atomic E-state index is 14.3. The number of hydrogen-bond donors (Lipinski definition) is 5. The molecule has 1 aromatic heterocycles. The first-order valence-electron chi connectivity index (χ1n) is 18.2. The number of aliphatic imine (C=N–C) groups is 1. The number of hydrogen-bond acceptors (Lipinski definition) is 7. The van der Waals surface area contributed by atoms with E-state index < -0.39 is 29.9 Å². The number of carbonyl (C=O) groups excluding carboxylic acids is 4. The Morgan fingerprint density at radius 1 is 0.750 bits per heavy atom. The molecule has 1 heterocycles. The average molecular weight is 724 g/mol. The first kappa shape index (κ1) is 38.1. The van der Waals surface area contributed by atoms with Gasteiger partial charge in [-0.05, 0) is 74.1 Å². The number of Topliss-reactive ketones (excluding diaryl/α,β-unsaturated/α-hetero) is 1. The van der Waals surface area contributed by atoms with Gasteiger partial charge in [0, 0.05) is 13.0 Å². The van der Waals surface area contributed by atoms with Crippen LogP contribution in [0.5, 0.6) is 0 Å². The summed E-state index contributed by atoms with van der Waals surface area (Å²) in [5.74, 6) is -1.57. The van der Waals surface area contributed by atoms with Gasteiger partial charge in [0.1, 0.15) is 12.1 Å². The van der Waals surface area contributed by atoms with Crippen LogP contribution < -0.4 is 27.4 Å². The van der Waals surface area contributed by atoms with E-state index in [-0.39, 0.29) is 43.0 Å². The number of nitrogens with zero attached hydrogens (tertiary/aromatic N) is 2. The van der Waals surface area contributed by atoms with Crippen LogP contribution in [0.2, 0.25) is 0 Å².